The first kappa shape index (κ1) is 14.9. The van der Waals surface area contributed by atoms with Crippen LogP contribution in [0.15, 0.2) is 18.2 Å². The van der Waals surface area contributed by atoms with Crippen LogP contribution < -0.4 is 15.5 Å². The van der Waals surface area contributed by atoms with Crippen molar-refractivity contribution in [3.05, 3.63) is 29.3 Å². The van der Waals surface area contributed by atoms with Crippen LogP contribution >= 0.6 is 0 Å². The van der Waals surface area contributed by atoms with Gasteiger partial charge in [0.05, 0.1) is 5.56 Å². The lowest BCUT2D eigenvalue weighted by Crippen LogP contribution is -2.29. The topological polar surface area (TPSA) is 44.4 Å². The van der Waals surface area contributed by atoms with Gasteiger partial charge in [-0.05, 0) is 51.9 Å². The van der Waals surface area contributed by atoms with Crippen LogP contribution in [-0.2, 0) is 0 Å². The quantitative estimate of drug-likeness (QED) is 0.780. The average molecular weight is 275 g/mol. The van der Waals surface area contributed by atoms with Gasteiger partial charge in [0.25, 0.3) is 5.91 Å². The Balaban J connectivity index is 2.08. The van der Waals surface area contributed by atoms with E-state index in [4.69, 9.17) is 0 Å². The minimum Gasteiger partial charge on any atom is -0.371 e. The van der Waals surface area contributed by atoms with Crippen LogP contribution in [-0.4, -0.2) is 39.1 Å². The molecule has 1 fully saturated rings. The highest BCUT2D eigenvalue weighted by Crippen LogP contribution is 2.25. The van der Waals surface area contributed by atoms with E-state index in [-0.39, 0.29) is 5.91 Å². The van der Waals surface area contributed by atoms with Gasteiger partial charge >= 0.3 is 0 Å². The lowest BCUT2D eigenvalue weighted by molar-refractivity contribution is 0.0953. The second-order valence-electron chi connectivity index (χ2n) is 5.43. The maximum Gasteiger partial charge on any atom is 0.253 e. The normalized spacial score (nSPS) is 14.6. The Hall–Kier alpha value is -1.55. The van der Waals surface area contributed by atoms with Crippen molar-refractivity contribution in [1.29, 1.82) is 0 Å². The molecule has 1 heterocycles. The Morgan fingerprint density at radius 3 is 2.70 bits per heavy atom. The van der Waals surface area contributed by atoms with E-state index in [1.807, 2.05) is 20.0 Å². The minimum absolute atomic E-state index is 0.0479. The summed E-state index contributed by atoms with van der Waals surface area (Å²) < 4.78 is 0. The zero-order chi connectivity index (χ0) is 14.4. The predicted molar refractivity (Wildman–Crippen MR) is 83.5 cm³/mol. The molecule has 1 aliphatic heterocycles. The van der Waals surface area contributed by atoms with Crippen molar-refractivity contribution in [3.8, 4) is 0 Å². The third-order valence-corrected chi connectivity index (χ3v) is 3.73. The van der Waals surface area contributed by atoms with Crippen molar-refractivity contribution < 1.29 is 4.79 Å². The highest BCUT2D eigenvalue weighted by atomic mass is 16.1. The van der Waals surface area contributed by atoms with E-state index < -0.39 is 0 Å². The Morgan fingerprint density at radius 2 is 2.00 bits per heavy atom. The first-order valence-electron chi connectivity index (χ1n) is 7.51. The summed E-state index contributed by atoms with van der Waals surface area (Å²) in [5.41, 5.74) is 3.03. The predicted octanol–water partition coefficient (Wildman–Crippen LogP) is 1.93. The first-order valence-corrected chi connectivity index (χ1v) is 7.51. The molecule has 0 saturated carbocycles. The zero-order valence-corrected chi connectivity index (χ0v) is 12.5. The van der Waals surface area contributed by atoms with Crippen molar-refractivity contribution >= 4 is 11.6 Å². The molecular weight excluding hydrogens is 250 g/mol. The molecule has 4 heteroatoms. The Bertz CT molecular complexity index is 453. The van der Waals surface area contributed by atoms with Crippen LogP contribution in [0, 0.1) is 6.92 Å². The van der Waals surface area contributed by atoms with E-state index in [1.54, 1.807) is 0 Å². The number of anilines is 1. The van der Waals surface area contributed by atoms with Crippen molar-refractivity contribution in [2.75, 3.05) is 38.1 Å². The Kier molecular flexibility index (Phi) is 5.41. The average Bonchev–Trinajstić information content (AvgIpc) is 2.97. The van der Waals surface area contributed by atoms with Gasteiger partial charge in [-0.25, -0.2) is 0 Å². The Morgan fingerprint density at radius 1 is 1.25 bits per heavy atom. The van der Waals surface area contributed by atoms with Gasteiger partial charge in [0.2, 0.25) is 0 Å². The number of carbonyl (C=O) groups is 1. The van der Waals surface area contributed by atoms with E-state index >= 15 is 0 Å². The molecule has 0 spiro atoms. The molecule has 0 atom stereocenters. The molecule has 1 aromatic rings. The number of nitrogens with one attached hydrogen (secondary N) is 2. The number of hydrogen-bond acceptors (Lipinski definition) is 3. The van der Waals surface area contributed by atoms with Crippen molar-refractivity contribution in [3.63, 3.8) is 0 Å². The number of carbonyl (C=O) groups excluding carboxylic acids is 1. The Labute approximate surface area is 121 Å². The molecule has 1 aromatic carbocycles. The van der Waals surface area contributed by atoms with Gasteiger partial charge in [0.1, 0.15) is 0 Å². The van der Waals surface area contributed by atoms with E-state index in [1.165, 1.54) is 12.8 Å². The van der Waals surface area contributed by atoms with Crippen LogP contribution in [0.3, 0.4) is 0 Å². The molecule has 1 saturated heterocycles. The SMILES string of the molecule is CNCCCNC(=O)c1cc(C)ccc1N1CCCC1. The second kappa shape index (κ2) is 7.29. The van der Waals surface area contributed by atoms with E-state index in [9.17, 15) is 4.79 Å². The van der Waals surface area contributed by atoms with Crippen LogP contribution in [0.4, 0.5) is 5.69 Å². The van der Waals surface area contributed by atoms with Gasteiger partial charge in [-0.1, -0.05) is 11.6 Å². The number of nitrogens with zero attached hydrogens (tertiary/aromatic N) is 1. The maximum absolute atomic E-state index is 12.4. The zero-order valence-electron chi connectivity index (χ0n) is 12.5. The van der Waals surface area contributed by atoms with Crippen molar-refractivity contribution in [2.24, 2.45) is 0 Å². The van der Waals surface area contributed by atoms with Gasteiger partial charge < -0.3 is 15.5 Å². The standard InChI is InChI=1S/C16H25N3O/c1-13-6-7-15(19-10-3-4-11-19)14(12-13)16(20)18-9-5-8-17-2/h6-7,12,17H,3-5,8-11H2,1-2H3,(H,18,20). The molecule has 2 rings (SSSR count). The van der Waals surface area contributed by atoms with Crippen LogP contribution in [0.2, 0.25) is 0 Å². The van der Waals surface area contributed by atoms with Crippen LogP contribution in [0.25, 0.3) is 0 Å². The molecule has 0 radical (unpaired) electrons. The summed E-state index contributed by atoms with van der Waals surface area (Å²) >= 11 is 0. The molecule has 1 amide bonds. The summed E-state index contributed by atoms with van der Waals surface area (Å²) in [6.45, 7) is 5.79. The highest BCUT2D eigenvalue weighted by molar-refractivity contribution is 6.00. The number of hydrogen-bond donors (Lipinski definition) is 2. The molecular formula is C16H25N3O. The molecule has 2 N–H and O–H groups in total. The van der Waals surface area contributed by atoms with Gasteiger partial charge in [-0.2, -0.15) is 0 Å². The highest BCUT2D eigenvalue weighted by Gasteiger charge is 2.19. The number of rotatable bonds is 6. The number of amides is 1. The summed E-state index contributed by atoms with van der Waals surface area (Å²) in [6, 6.07) is 6.18. The number of benzene rings is 1. The third kappa shape index (κ3) is 3.73. The molecule has 0 bridgehead atoms. The summed E-state index contributed by atoms with van der Waals surface area (Å²) in [5, 5.41) is 6.11. The lowest BCUT2D eigenvalue weighted by Gasteiger charge is -2.21. The van der Waals surface area contributed by atoms with Gasteiger partial charge in [-0.15, -0.1) is 0 Å². The number of aryl methyl sites for hydroxylation is 1. The van der Waals surface area contributed by atoms with E-state index in [0.717, 1.165) is 42.9 Å². The third-order valence-electron chi connectivity index (χ3n) is 3.73. The maximum atomic E-state index is 12.4. The van der Waals surface area contributed by atoms with Gasteiger partial charge in [0.15, 0.2) is 0 Å². The fourth-order valence-corrected chi connectivity index (χ4v) is 2.63. The van der Waals surface area contributed by atoms with E-state index in [0.29, 0.717) is 6.54 Å². The van der Waals surface area contributed by atoms with E-state index in [2.05, 4.69) is 27.7 Å². The molecule has 20 heavy (non-hydrogen) atoms. The largest absolute Gasteiger partial charge is 0.371 e. The molecule has 0 aliphatic carbocycles. The lowest BCUT2D eigenvalue weighted by atomic mass is 10.1. The second-order valence-corrected chi connectivity index (χ2v) is 5.43. The first-order chi connectivity index (χ1) is 9.72. The summed E-state index contributed by atoms with van der Waals surface area (Å²) in [7, 11) is 1.92. The fraction of sp³-hybridized carbons (Fsp3) is 0.562. The summed E-state index contributed by atoms with van der Waals surface area (Å²) in [5.74, 6) is 0.0479. The van der Waals surface area contributed by atoms with Gasteiger partial charge in [-0.3, -0.25) is 4.79 Å². The molecule has 110 valence electrons. The van der Waals surface area contributed by atoms with Gasteiger partial charge in [0, 0.05) is 25.3 Å². The monoisotopic (exact) mass is 275 g/mol. The van der Waals surface area contributed by atoms with Crippen LogP contribution in [0.1, 0.15) is 35.2 Å². The molecule has 1 aliphatic rings. The summed E-state index contributed by atoms with van der Waals surface area (Å²) in [6.07, 6.45) is 3.39. The summed E-state index contributed by atoms with van der Waals surface area (Å²) in [4.78, 5) is 14.7. The molecule has 0 unspecified atom stereocenters. The smallest absolute Gasteiger partial charge is 0.253 e. The fourth-order valence-electron chi connectivity index (χ4n) is 2.63. The van der Waals surface area contributed by atoms with Crippen molar-refractivity contribution in [1.82, 2.24) is 10.6 Å². The molecule has 0 aromatic heterocycles. The minimum atomic E-state index is 0.0479. The van der Waals surface area contributed by atoms with Crippen LogP contribution in [0.5, 0.6) is 0 Å². The van der Waals surface area contributed by atoms with Crippen molar-refractivity contribution in [2.45, 2.75) is 26.2 Å². The molecule has 4 nitrogen and oxygen atoms in total.